The summed E-state index contributed by atoms with van der Waals surface area (Å²) in [4.78, 5) is 11.2. The largest absolute Gasteiger partial charge is 0.508 e. The number of rotatable bonds is 4. The van der Waals surface area contributed by atoms with Crippen molar-refractivity contribution < 1.29 is 9.90 Å². The number of phenolic OH excluding ortho intramolecular Hbond substituents is 1. The molecule has 0 aromatic heterocycles. The summed E-state index contributed by atoms with van der Waals surface area (Å²) in [5.74, 6) is 0.0446. The van der Waals surface area contributed by atoms with Gasteiger partial charge in [-0.1, -0.05) is 23.7 Å². The third-order valence-electron chi connectivity index (χ3n) is 3.11. The second-order valence-electron chi connectivity index (χ2n) is 4.80. The van der Waals surface area contributed by atoms with Crippen LogP contribution in [0.25, 0.3) is 0 Å². The van der Waals surface area contributed by atoms with Crippen LogP contribution < -0.4 is 10.6 Å². The highest BCUT2D eigenvalue weighted by Crippen LogP contribution is 2.27. The van der Waals surface area contributed by atoms with Crippen molar-refractivity contribution in [2.75, 3.05) is 10.6 Å². The second kappa shape index (κ2) is 6.50. The zero-order valence-electron chi connectivity index (χ0n) is 11.9. The number of aryl methyl sites for hydroxylation is 1. The maximum atomic E-state index is 11.2. The second-order valence-corrected chi connectivity index (χ2v) is 5.21. The Kier molecular flexibility index (Phi) is 4.70. The van der Waals surface area contributed by atoms with E-state index in [2.05, 4.69) is 10.6 Å². The monoisotopic (exact) mass is 304 g/mol. The summed E-state index contributed by atoms with van der Waals surface area (Å²) in [6.45, 7) is 3.80. The molecule has 0 fully saturated rings. The molecule has 0 spiro atoms. The van der Waals surface area contributed by atoms with Crippen LogP contribution in [0.4, 0.5) is 11.4 Å². The molecule has 4 nitrogen and oxygen atoms in total. The Morgan fingerprint density at radius 2 is 2.05 bits per heavy atom. The predicted octanol–water partition coefficient (Wildman–Crippen LogP) is 3.92. The van der Waals surface area contributed by atoms with E-state index in [0.29, 0.717) is 17.1 Å². The highest BCUT2D eigenvalue weighted by atomic mass is 35.5. The molecule has 0 atom stereocenters. The van der Waals surface area contributed by atoms with E-state index in [1.54, 1.807) is 18.2 Å². The smallest absolute Gasteiger partial charge is 0.221 e. The standard InChI is InChI=1S/C16H17ClN2O2/c1-10-6-7-12(8-15(10)19-11(2)20)18-9-13-14(17)4-3-5-16(13)21/h3-8,18,21H,9H2,1-2H3,(H,19,20). The van der Waals surface area contributed by atoms with Gasteiger partial charge in [-0.2, -0.15) is 0 Å². The molecular weight excluding hydrogens is 288 g/mol. The first-order chi connectivity index (χ1) is 9.97. The molecule has 21 heavy (non-hydrogen) atoms. The van der Waals surface area contributed by atoms with Gasteiger partial charge >= 0.3 is 0 Å². The number of carbonyl (C=O) groups is 1. The van der Waals surface area contributed by atoms with Crippen LogP contribution in [0.3, 0.4) is 0 Å². The number of nitrogens with one attached hydrogen (secondary N) is 2. The highest BCUT2D eigenvalue weighted by molar-refractivity contribution is 6.31. The average molecular weight is 305 g/mol. The van der Waals surface area contributed by atoms with Crippen molar-refractivity contribution in [2.45, 2.75) is 20.4 Å². The molecule has 0 heterocycles. The van der Waals surface area contributed by atoms with E-state index in [9.17, 15) is 9.90 Å². The normalized spacial score (nSPS) is 10.2. The Labute approximate surface area is 128 Å². The molecular formula is C16H17ClN2O2. The molecule has 0 unspecified atom stereocenters. The predicted molar refractivity (Wildman–Crippen MR) is 85.9 cm³/mol. The van der Waals surface area contributed by atoms with Crippen molar-refractivity contribution in [2.24, 2.45) is 0 Å². The van der Waals surface area contributed by atoms with Crippen molar-refractivity contribution in [1.29, 1.82) is 0 Å². The molecule has 0 aliphatic rings. The minimum absolute atomic E-state index is 0.112. The van der Waals surface area contributed by atoms with E-state index in [1.807, 2.05) is 25.1 Å². The minimum Gasteiger partial charge on any atom is -0.508 e. The van der Waals surface area contributed by atoms with Gasteiger partial charge in [0.25, 0.3) is 0 Å². The van der Waals surface area contributed by atoms with Gasteiger partial charge in [0.2, 0.25) is 5.91 Å². The van der Waals surface area contributed by atoms with Crippen LogP contribution in [0.1, 0.15) is 18.1 Å². The van der Waals surface area contributed by atoms with Gasteiger partial charge in [0.15, 0.2) is 0 Å². The fourth-order valence-corrected chi connectivity index (χ4v) is 2.21. The van der Waals surface area contributed by atoms with E-state index < -0.39 is 0 Å². The van der Waals surface area contributed by atoms with E-state index in [1.165, 1.54) is 6.92 Å². The Balaban J connectivity index is 2.15. The molecule has 3 N–H and O–H groups in total. The summed E-state index contributed by atoms with van der Waals surface area (Å²) in [5, 5.41) is 16.3. The van der Waals surface area contributed by atoms with Gasteiger partial charge in [-0.3, -0.25) is 4.79 Å². The van der Waals surface area contributed by atoms with Crippen LogP contribution in [-0.2, 0) is 11.3 Å². The van der Waals surface area contributed by atoms with Crippen molar-refractivity contribution in [3.63, 3.8) is 0 Å². The number of amides is 1. The van der Waals surface area contributed by atoms with Gasteiger partial charge in [0.1, 0.15) is 5.75 Å². The Hall–Kier alpha value is -2.20. The van der Waals surface area contributed by atoms with Gasteiger partial charge in [-0.05, 0) is 36.8 Å². The van der Waals surface area contributed by atoms with Crippen LogP contribution in [0, 0.1) is 6.92 Å². The number of hydrogen-bond acceptors (Lipinski definition) is 3. The topological polar surface area (TPSA) is 61.4 Å². The number of aromatic hydroxyl groups is 1. The maximum absolute atomic E-state index is 11.2. The number of carbonyl (C=O) groups excluding carboxylic acids is 1. The first kappa shape index (κ1) is 15.2. The lowest BCUT2D eigenvalue weighted by molar-refractivity contribution is -0.114. The van der Waals surface area contributed by atoms with Gasteiger partial charge < -0.3 is 15.7 Å². The van der Waals surface area contributed by atoms with Crippen LogP contribution >= 0.6 is 11.6 Å². The molecule has 0 aliphatic carbocycles. The van der Waals surface area contributed by atoms with Gasteiger partial charge in [-0.15, -0.1) is 0 Å². The first-order valence-corrected chi connectivity index (χ1v) is 6.93. The van der Waals surface area contributed by atoms with E-state index >= 15 is 0 Å². The molecule has 2 aromatic carbocycles. The van der Waals surface area contributed by atoms with Gasteiger partial charge in [0.05, 0.1) is 0 Å². The number of phenols is 1. The summed E-state index contributed by atoms with van der Waals surface area (Å²) >= 11 is 6.06. The van der Waals surface area contributed by atoms with Crippen molar-refractivity contribution in [3.8, 4) is 5.75 Å². The molecule has 0 bridgehead atoms. The minimum atomic E-state index is -0.112. The lowest BCUT2D eigenvalue weighted by Crippen LogP contribution is -2.08. The summed E-state index contributed by atoms with van der Waals surface area (Å²) in [6.07, 6.45) is 0. The SMILES string of the molecule is CC(=O)Nc1cc(NCc2c(O)cccc2Cl)ccc1C. The average Bonchev–Trinajstić information content (AvgIpc) is 2.41. The molecule has 0 radical (unpaired) electrons. The van der Waals surface area contributed by atoms with Crippen LogP contribution in [0.5, 0.6) is 5.75 Å². The molecule has 0 saturated heterocycles. The summed E-state index contributed by atoms with van der Waals surface area (Å²) < 4.78 is 0. The maximum Gasteiger partial charge on any atom is 0.221 e. The van der Waals surface area contributed by atoms with Crippen molar-refractivity contribution >= 4 is 28.9 Å². The number of anilines is 2. The fraction of sp³-hybridized carbons (Fsp3) is 0.188. The molecule has 2 aromatic rings. The molecule has 110 valence electrons. The first-order valence-electron chi connectivity index (χ1n) is 6.56. The third kappa shape index (κ3) is 3.89. The van der Waals surface area contributed by atoms with E-state index in [-0.39, 0.29) is 11.7 Å². The van der Waals surface area contributed by atoms with E-state index in [0.717, 1.165) is 16.9 Å². The highest BCUT2D eigenvalue weighted by Gasteiger charge is 2.07. The lowest BCUT2D eigenvalue weighted by Gasteiger charge is -2.12. The van der Waals surface area contributed by atoms with Crippen molar-refractivity contribution in [3.05, 3.63) is 52.5 Å². The number of halogens is 1. The molecule has 1 amide bonds. The summed E-state index contributed by atoms with van der Waals surface area (Å²) in [7, 11) is 0. The van der Waals surface area contributed by atoms with Crippen LogP contribution in [-0.4, -0.2) is 11.0 Å². The Morgan fingerprint density at radius 3 is 2.71 bits per heavy atom. The fourth-order valence-electron chi connectivity index (χ4n) is 1.97. The van der Waals surface area contributed by atoms with E-state index in [4.69, 9.17) is 11.6 Å². The van der Waals surface area contributed by atoms with Crippen LogP contribution in [0.15, 0.2) is 36.4 Å². The third-order valence-corrected chi connectivity index (χ3v) is 3.47. The Bertz CT molecular complexity index is 651. The lowest BCUT2D eigenvalue weighted by atomic mass is 10.1. The number of benzene rings is 2. The molecule has 0 saturated carbocycles. The van der Waals surface area contributed by atoms with Gasteiger partial charge in [0, 0.05) is 35.4 Å². The van der Waals surface area contributed by atoms with Crippen molar-refractivity contribution in [1.82, 2.24) is 0 Å². The quantitative estimate of drug-likeness (QED) is 0.802. The Morgan fingerprint density at radius 1 is 1.29 bits per heavy atom. The molecule has 5 heteroatoms. The number of hydrogen-bond donors (Lipinski definition) is 3. The zero-order chi connectivity index (χ0) is 15.4. The zero-order valence-corrected chi connectivity index (χ0v) is 12.7. The van der Waals surface area contributed by atoms with Gasteiger partial charge in [-0.25, -0.2) is 0 Å². The summed E-state index contributed by atoms with van der Waals surface area (Å²) in [5.41, 5.74) is 3.22. The summed E-state index contributed by atoms with van der Waals surface area (Å²) in [6, 6.07) is 10.7. The van der Waals surface area contributed by atoms with Crippen LogP contribution in [0.2, 0.25) is 5.02 Å². The molecule has 2 rings (SSSR count). The molecule has 0 aliphatic heterocycles.